The molecule has 0 aliphatic carbocycles. The summed E-state index contributed by atoms with van der Waals surface area (Å²) in [7, 11) is 1.95. The summed E-state index contributed by atoms with van der Waals surface area (Å²) in [6.07, 6.45) is 8.61. The molecule has 0 bridgehead atoms. The van der Waals surface area contributed by atoms with E-state index < -0.39 is 0 Å². The molecule has 7 nitrogen and oxygen atoms in total. The molecule has 0 spiro atoms. The van der Waals surface area contributed by atoms with Crippen molar-refractivity contribution in [3.63, 3.8) is 0 Å². The van der Waals surface area contributed by atoms with Crippen LogP contribution < -0.4 is 10.2 Å². The zero-order chi connectivity index (χ0) is 18.1. The van der Waals surface area contributed by atoms with Crippen LogP contribution in [0.4, 0.5) is 11.5 Å². The molecule has 1 fully saturated rings. The zero-order valence-corrected chi connectivity index (χ0v) is 15.3. The van der Waals surface area contributed by atoms with Crippen LogP contribution in [-0.4, -0.2) is 43.9 Å². The summed E-state index contributed by atoms with van der Waals surface area (Å²) in [5, 5.41) is 7.90. The van der Waals surface area contributed by atoms with Crippen LogP contribution in [0.5, 0.6) is 0 Å². The Kier molecular flexibility index (Phi) is 4.28. The fourth-order valence-corrected chi connectivity index (χ4v) is 3.27. The molecule has 0 aromatic carbocycles. The zero-order valence-electron chi connectivity index (χ0n) is 15.3. The van der Waals surface area contributed by atoms with E-state index in [0.717, 1.165) is 42.1 Å². The number of hydrogen-bond acceptors (Lipinski definition) is 6. The third-order valence-electron chi connectivity index (χ3n) is 4.89. The Morgan fingerprint density at radius 3 is 2.81 bits per heavy atom. The third-order valence-corrected chi connectivity index (χ3v) is 4.89. The average Bonchev–Trinajstić information content (AvgIpc) is 3.28. The Labute approximate surface area is 153 Å². The third kappa shape index (κ3) is 3.24. The molecule has 3 aromatic rings. The number of aromatic nitrogens is 5. The highest BCUT2D eigenvalue weighted by atomic mass is 15.3. The quantitative estimate of drug-likeness (QED) is 0.780. The van der Waals surface area contributed by atoms with Crippen molar-refractivity contribution in [3.8, 4) is 11.4 Å². The number of anilines is 2. The minimum atomic E-state index is 0.352. The largest absolute Gasteiger partial charge is 0.367 e. The first-order valence-electron chi connectivity index (χ1n) is 8.86. The van der Waals surface area contributed by atoms with Crippen molar-refractivity contribution in [2.24, 2.45) is 7.05 Å². The second kappa shape index (κ2) is 6.74. The van der Waals surface area contributed by atoms with Gasteiger partial charge in [-0.05, 0) is 32.4 Å². The lowest BCUT2D eigenvalue weighted by Gasteiger charge is -2.19. The van der Waals surface area contributed by atoms with E-state index in [2.05, 4.69) is 38.4 Å². The molecule has 1 saturated heterocycles. The predicted molar refractivity (Wildman–Crippen MR) is 102 cm³/mol. The first-order valence-corrected chi connectivity index (χ1v) is 8.86. The van der Waals surface area contributed by atoms with E-state index in [4.69, 9.17) is 4.98 Å². The maximum atomic E-state index is 4.77. The number of nitrogens with one attached hydrogen (secondary N) is 1. The van der Waals surface area contributed by atoms with E-state index in [-0.39, 0.29) is 0 Å². The van der Waals surface area contributed by atoms with Crippen molar-refractivity contribution in [1.82, 2.24) is 24.7 Å². The molecular weight excluding hydrogens is 326 g/mol. The Hall–Kier alpha value is -2.96. The van der Waals surface area contributed by atoms with Gasteiger partial charge in [0.25, 0.3) is 0 Å². The van der Waals surface area contributed by atoms with Crippen LogP contribution in [0.1, 0.15) is 17.7 Å². The smallest absolute Gasteiger partial charge is 0.163 e. The molecule has 1 atom stereocenters. The van der Waals surface area contributed by atoms with E-state index in [0.29, 0.717) is 11.9 Å². The number of rotatable bonds is 4. The predicted octanol–water partition coefficient (Wildman–Crippen LogP) is 2.58. The number of nitrogens with zero attached hydrogens (tertiary/aromatic N) is 6. The summed E-state index contributed by atoms with van der Waals surface area (Å²) in [5.41, 5.74) is 4.19. The van der Waals surface area contributed by atoms with Crippen molar-refractivity contribution in [3.05, 3.63) is 48.2 Å². The van der Waals surface area contributed by atoms with Crippen molar-refractivity contribution >= 4 is 11.5 Å². The van der Waals surface area contributed by atoms with E-state index >= 15 is 0 Å². The Balaban J connectivity index is 1.54. The van der Waals surface area contributed by atoms with E-state index in [1.165, 1.54) is 5.69 Å². The van der Waals surface area contributed by atoms with E-state index in [1.807, 2.05) is 37.0 Å². The number of aryl methyl sites for hydroxylation is 2. The van der Waals surface area contributed by atoms with Crippen LogP contribution in [-0.2, 0) is 7.05 Å². The second-order valence-corrected chi connectivity index (χ2v) is 6.80. The topological polar surface area (TPSA) is 71.8 Å². The molecule has 134 valence electrons. The maximum Gasteiger partial charge on any atom is 0.163 e. The molecule has 0 radical (unpaired) electrons. The molecule has 1 aliphatic rings. The Morgan fingerprint density at radius 1 is 1.19 bits per heavy atom. The van der Waals surface area contributed by atoms with Gasteiger partial charge in [0, 0.05) is 61.6 Å². The van der Waals surface area contributed by atoms with Crippen molar-refractivity contribution in [2.75, 3.05) is 23.3 Å². The summed E-state index contributed by atoms with van der Waals surface area (Å²) in [6.45, 7) is 6.05. The molecule has 0 amide bonds. The van der Waals surface area contributed by atoms with E-state index in [9.17, 15) is 0 Å². The molecule has 26 heavy (non-hydrogen) atoms. The van der Waals surface area contributed by atoms with Crippen molar-refractivity contribution in [1.29, 1.82) is 0 Å². The standard InChI is InChI=1S/C19H23N7/c1-13-14(2)22-19(15-5-4-7-20-9-15)24-18(13)23-16-6-8-26(11-16)17-10-21-25(3)12-17/h4-5,7,9-10,12,16H,6,8,11H2,1-3H3,(H,22,23,24). The molecule has 4 rings (SSSR count). The molecule has 1 unspecified atom stereocenters. The highest BCUT2D eigenvalue weighted by Crippen LogP contribution is 2.25. The van der Waals surface area contributed by atoms with Gasteiger partial charge in [-0.2, -0.15) is 5.10 Å². The number of pyridine rings is 1. The summed E-state index contributed by atoms with van der Waals surface area (Å²) < 4.78 is 1.84. The monoisotopic (exact) mass is 349 g/mol. The van der Waals surface area contributed by atoms with Crippen molar-refractivity contribution in [2.45, 2.75) is 26.3 Å². The SMILES string of the molecule is Cc1nc(-c2cccnc2)nc(NC2CCN(c3cnn(C)c3)C2)c1C. The lowest BCUT2D eigenvalue weighted by molar-refractivity contribution is 0.767. The van der Waals surface area contributed by atoms with Gasteiger partial charge in [-0.25, -0.2) is 9.97 Å². The molecular formula is C19H23N7. The van der Waals surface area contributed by atoms with Crippen molar-refractivity contribution < 1.29 is 0 Å². The van der Waals surface area contributed by atoms with Gasteiger partial charge in [0.2, 0.25) is 0 Å². The fraction of sp³-hybridized carbons (Fsp3) is 0.368. The van der Waals surface area contributed by atoms with Gasteiger partial charge in [-0.1, -0.05) is 0 Å². The number of hydrogen-bond donors (Lipinski definition) is 1. The van der Waals surface area contributed by atoms with Crippen LogP contribution in [0.3, 0.4) is 0 Å². The fourth-order valence-electron chi connectivity index (χ4n) is 3.27. The Morgan fingerprint density at radius 2 is 2.08 bits per heavy atom. The second-order valence-electron chi connectivity index (χ2n) is 6.80. The maximum absolute atomic E-state index is 4.77. The van der Waals surface area contributed by atoms with Crippen LogP contribution in [0.25, 0.3) is 11.4 Å². The Bertz CT molecular complexity index is 904. The van der Waals surface area contributed by atoms with Gasteiger partial charge in [0.05, 0.1) is 11.9 Å². The minimum Gasteiger partial charge on any atom is -0.367 e. The van der Waals surface area contributed by atoms with Crippen LogP contribution in [0.15, 0.2) is 36.9 Å². The minimum absolute atomic E-state index is 0.352. The van der Waals surface area contributed by atoms with Gasteiger partial charge in [0.15, 0.2) is 5.82 Å². The van der Waals surface area contributed by atoms with Gasteiger partial charge in [-0.3, -0.25) is 9.67 Å². The van der Waals surface area contributed by atoms with Gasteiger partial charge in [-0.15, -0.1) is 0 Å². The summed E-state index contributed by atoms with van der Waals surface area (Å²) in [5.74, 6) is 1.63. The molecule has 3 aromatic heterocycles. The van der Waals surface area contributed by atoms with Gasteiger partial charge < -0.3 is 10.2 Å². The first kappa shape index (κ1) is 16.5. The van der Waals surface area contributed by atoms with Gasteiger partial charge in [0.1, 0.15) is 5.82 Å². The lowest BCUT2D eigenvalue weighted by Crippen LogP contribution is -2.26. The van der Waals surface area contributed by atoms with Crippen LogP contribution in [0.2, 0.25) is 0 Å². The first-order chi connectivity index (χ1) is 12.6. The highest BCUT2D eigenvalue weighted by molar-refractivity contribution is 5.59. The average molecular weight is 349 g/mol. The van der Waals surface area contributed by atoms with Crippen LogP contribution in [0, 0.1) is 13.8 Å². The summed E-state index contributed by atoms with van der Waals surface area (Å²) in [4.78, 5) is 15.9. The van der Waals surface area contributed by atoms with Crippen LogP contribution >= 0.6 is 0 Å². The molecule has 7 heteroatoms. The normalized spacial score (nSPS) is 16.9. The molecule has 1 aliphatic heterocycles. The highest BCUT2D eigenvalue weighted by Gasteiger charge is 2.24. The summed E-state index contributed by atoms with van der Waals surface area (Å²) in [6, 6.07) is 4.24. The molecule has 1 N–H and O–H groups in total. The molecule has 0 saturated carbocycles. The summed E-state index contributed by atoms with van der Waals surface area (Å²) >= 11 is 0. The lowest BCUT2D eigenvalue weighted by atomic mass is 10.2. The van der Waals surface area contributed by atoms with Gasteiger partial charge >= 0.3 is 0 Å². The molecule has 4 heterocycles. The van der Waals surface area contributed by atoms with E-state index in [1.54, 1.807) is 12.4 Å².